The van der Waals surface area contributed by atoms with E-state index in [1.165, 1.54) is 4.31 Å². The van der Waals surface area contributed by atoms with E-state index in [9.17, 15) is 16.8 Å². The van der Waals surface area contributed by atoms with Crippen LogP contribution in [0.1, 0.15) is 12.0 Å². The standard InChI is InChI=1S/C39H34N4O5S2/c1-43(50(46,47)24-10-23-48-36-15-8-9-22-40-36)31-19-17-29(18-20-31)34-26-41-39-38(37(34)30-11-4-2-5-12-30)33-25-28(16-21-35(33)42-39)27-49(44,45)32-13-6-3-7-14-32/h2-9,11-22,25-26H,10,23-24,27H2,1H3,(H,41,42). The van der Waals surface area contributed by atoms with Crippen molar-refractivity contribution < 1.29 is 21.6 Å². The summed E-state index contributed by atoms with van der Waals surface area (Å²) in [6, 6.07) is 36.8. The molecular formula is C39H34N4O5S2. The molecule has 0 radical (unpaired) electrons. The van der Waals surface area contributed by atoms with Gasteiger partial charge in [0.1, 0.15) is 5.65 Å². The van der Waals surface area contributed by atoms with Crippen molar-refractivity contribution in [1.82, 2.24) is 15.0 Å². The Kier molecular flexibility index (Phi) is 9.09. The van der Waals surface area contributed by atoms with Crippen molar-refractivity contribution in [2.75, 3.05) is 23.7 Å². The summed E-state index contributed by atoms with van der Waals surface area (Å²) in [5, 5.41) is 1.74. The van der Waals surface area contributed by atoms with Crippen LogP contribution in [0.2, 0.25) is 0 Å². The van der Waals surface area contributed by atoms with Gasteiger partial charge in [0.15, 0.2) is 9.84 Å². The second kappa shape index (κ2) is 13.8. The lowest BCUT2D eigenvalue weighted by Crippen LogP contribution is -2.29. The number of sulfonamides is 1. The predicted molar refractivity (Wildman–Crippen MR) is 198 cm³/mol. The number of benzene rings is 4. The summed E-state index contributed by atoms with van der Waals surface area (Å²) < 4.78 is 59.7. The quantitative estimate of drug-likeness (QED) is 0.130. The summed E-state index contributed by atoms with van der Waals surface area (Å²) >= 11 is 0. The van der Waals surface area contributed by atoms with Gasteiger partial charge in [-0.15, -0.1) is 0 Å². The van der Waals surface area contributed by atoms with E-state index in [0.717, 1.165) is 38.5 Å². The van der Waals surface area contributed by atoms with E-state index in [4.69, 9.17) is 9.72 Å². The van der Waals surface area contributed by atoms with Gasteiger partial charge in [-0.05, 0) is 65.6 Å². The molecule has 0 aliphatic heterocycles. The van der Waals surface area contributed by atoms with Crippen molar-refractivity contribution in [3.8, 4) is 28.1 Å². The van der Waals surface area contributed by atoms with Gasteiger partial charge < -0.3 is 9.72 Å². The molecule has 0 unspecified atom stereocenters. The molecule has 0 amide bonds. The van der Waals surface area contributed by atoms with Gasteiger partial charge in [0.2, 0.25) is 15.9 Å². The van der Waals surface area contributed by atoms with E-state index in [1.54, 1.807) is 67.8 Å². The lowest BCUT2D eigenvalue weighted by molar-refractivity contribution is 0.305. The minimum atomic E-state index is -3.60. The Morgan fingerprint density at radius 2 is 1.48 bits per heavy atom. The Hall–Kier alpha value is -5.52. The Morgan fingerprint density at radius 1 is 0.760 bits per heavy atom. The van der Waals surface area contributed by atoms with Gasteiger partial charge in [0.25, 0.3) is 0 Å². The van der Waals surface area contributed by atoms with Crippen molar-refractivity contribution in [2.45, 2.75) is 17.1 Å². The number of sulfone groups is 1. The van der Waals surface area contributed by atoms with Gasteiger partial charge in [0, 0.05) is 52.9 Å². The first-order valence-corrected chi connectivity index (χ1v) is 19.3. The summed E-state index contributed by atoms with van der Waals surface area (Å²) in [6.45, 7) is 0.235. The Labute approximate surface area is 291 Å². The van der Waals surface area contributed by atoms with Crippen molar-refractivity contribution in [1.29, 1.82) is 0 Å². The van der Waals surface area contributed by atoms with Crippen molar-refractivity contribution >= 4 is 47.5 Å². The van der Waals surface area contributed by atoms with Crippen LogP contribution >= 0.6 is 0 Å². The zero-order chi connectivity index (χ0) is 34.7. The highest BCUT2D eigenvalue weighted by Gasteiger charge is 2.21. The second-order valence-electron chi connectivity index (χ2n) is 11.9. The fourth-order valence-electron chi connectivity index (χ4n) is 6.05. The van der Waals surface area contributed by atoms with Gasteiger partial charge in [0.05, 0.1) is 28.7 Å². The fraction of sp³-hybridized carbons (Fsp3) is 0.128. The van der Waals surface area contributed by atoms with Gasteiger partial charge in [-0.1, -0.05) is 72.8 Å². The highest BCUT2D eigenvalue weighted by atomic mass is 32.2. The molecule has 7 aromatic rings. The third-order valence-corrected chi connectivity index (χ3v) is 12.2. The number of hydrogen-bond donors (Lipinski definition) is 1. The van der Waals surface area contributed by atoms with Gasteiger partial charge in [-0.25, -0.2) is 26.8 Å². The van der Waals surface area contributed by atoms with Crippen molar-refractivity contribution in [3.05, 3.63) is 139 Å². The molecule has 0 aliphatic rings. The third-order valence-electron chi connectivity index (χ3n) is 8.60. The minimum Gasteiger partial charge on any atom is -0.478 e. The van der Waals surface area contributed by atoms with E-state index in [0.29, 0.717) is 29.2 Å². The maximum absolute atomic E-state index is 13.3. The van der Waals surface area contributed by atoms with Crippen LogP contribution < -0.4 is 9.04 Å². The first-order chi connectivity index (χ1) is 24.2. The number of pyridine rings is 2. The van der Waals surface area contributed by atoms with E-state index >= 15 is 0 Å². The average Bonchev–Trinajstić information content (AvgIpc) is 3.52. The van der Waals surface area contributed by atoms with Crippen molar-refractivity contribution in [3.63, 3.8) is 0 Å². The average molecular weight is 703 g/mol. The molecule has 0 aliphatic carbocycles. The molecule has 3 aromatic heterocycles. The van der Waals surface area contributed by atoms with E-state index in [2.05, 4.69) is 9.97 Å². The van der Waals surface area contributed by atoms with Crippen LogP contribution in [0.3, 0.4) is 0 Å². The normalized spacial score (nSPS) is 11.9. The maximum Gasteiger partial charge on any atom is 0.235 e. The predicted octanol–water partition coefficient (Wildman–Crippen LogP) is 7.65. The molecule has 0 fully saturated rings. The molecular weight excluding hydrogens is 669 g/mol. The molecule has 9 nitrogen and oxygen atoms in total. The molecule has 7 rings (SSSR count). The molecule has 0 saturated heterocycles. The molecule has 11 heteroatoms. The molecule has 4 aromatic carbocycles. The molecule has 50 heavy (non-hydrogen) atoms. The summed E-state index contributed by atoms with van der Waals surface area (Å²) in [4.78, 5) is 12.6. The Bertz CT molecular complexity index is 2490. The summed E-state index contributed by atoms with van der Waals surface area (Å²) in [5.74, 6) is 0.245. The van der Waals surface area contributed by atoms with Crippen LogP contribution in [-0.4, -0.2) is 51.2 Å². The summed E-state index contributed by atoms with van der Waals surface area (Å²) in [6.07, 6.45) is 3.76. The number of ether oxygens (including phenoxy) is 1. The number of nitrogens with one attached hydrogen (secondary N) is 1. The zero-order valence-corrected chi connectivity index (χ0v) is 28.9. The summed E-state index contributed by atoms with van der Waals surface area (Å²) in [7, 11) is -5.61. The monoisotopic (exact) mass is 702 g/mol. The lowest BCUT2D eigenvalue weighted by atomic mass is 9.92. The van der Waals surface area contributed by atoms with Crippen LogP contribution in [0.4, 0.5) is 5.69 Å². The minimum absolute atomic E-state index is 0.0774. The molecule has 0 spiro atoms. The Balaban J connectivity index is 1.21. The third kappa shape index (κ3) is 6.83. The van der Waals surface area contributed by atoms with Crippen LogP contribution in [0, 0.1) is 0 Å². The molecule has 0 saturated carbocycles. The first kappa shape index (κ1) is 33.0. The van der Waals surface area contributed by atoms with Crippen LogP contribution in [-0.2, 0) is 25.6 Å². The topological polar surface area (TPSA) is 122 Å². The number of rotatable bonds is 12. The number of aromatic amines is 1. The molecule has 252 valence electrons. The highest BCUT2D eigenvalue weighted by Crippen LogP contribution is 2.41. The van der Waals surface area contributed by atoms with Crippen LogP contribution in [0.5, 0.6) is 5.88 Å². The smallest absolute Gasteiger partial charge is 0.235 e. The van der Waals surface area contributed by atoms with Crippen molar-refractivity contribution in [2.24, 2.45) is 0 Å². The number of H-pyrrole nitrogens is 1. The lowest BCUT2D eigenvalue weighted by Gasteiger charge is -2.20. The van der Waals surface area contributed by atoms with E-state index in [-0.39, 0.29) is 23.0 Å². The van der Waals surface area contributed by atoms with Crippen LogP contribution in [0.15, 0.2) is 139 Å². The van der Waals surface area contributed by atoms with E-state index < -0.39 is 19.9 Å². The summed E-state index contributed by atoms with van der Waals surface area (Å²) in [5.41, 5.74) is 6.34. The fourth-order valence-corrected chi connectivity index (χ4v) is 8.60. The molecule has 0 atom stereocenters. The Morgan fingerprint density at radius 3 is 2.20 bits per heavy atom. The second-order valence-corrected chi connectivity index (χ2v) is 16.0. The number of anilines is 1. The maximum atomic E-state index is 13.3. The number of nitrogens with zero attached hydrogens (tertiary/aromatic N) is 3. The van der Waals surface area contributed by atoms with Crippen LogP contribution in [0.25, 0.3) is 44.2 Å². The number of hydrogen-bond acceptors (Lipinski definition) is 7. The molecule has 3 heterocycles. The largest absolute Gasteiger partial charge is 0.478 e. The SMILES string of the molecule is CN(c1ccc(-c2cnc3[nH]c4ccc(CS(=O)(=O)c5ccccc5)cc4c3c2-c2ccccc2)cc1)S(=O)(=O)CCCOc1ccccn1. The van der Waals surface area contributed by atoms with Gasteiger partial charge in [-0.3, -0.25) is 4.31 Å². The van der Waals surface area contributed by atoms with E-state index in [1.807, 2.05) is 72.9 Å². The number of aromatic nitrogens is 3. The van der Waals surface area contributed by atoms with Gasteiger partial charge >= 0.3 is 0 Å². The van der Waals surface area contributed by atoms with Gasteiger partial charge in [-0.2, -0.15) is 0 Å². The zero-order valence-electron chi connectivity index (χ0n) is 27.2. The number of fused-ring (bicyclic) bond motifs is 3. The molecule has 0 bridgehead atoms. The first-order valence-electron chi connectivity index (χ1n) is 16.1. The highest BCUT2D eigenvalue weighted by molar-refractivity contribution is 7.92. The molecule has 1 N–H and O–H groups in total.